The van der Waals surface area contributed by atoms with Gasteiger partial charge in [-0.15, -0.1) is 0 Å². The lowest BCUT2D eigenvalue weighted by atomic mass is 10.2. The number of methoxy groups -OCH3 is 1. The summed E-state index contributed by atoms with van der Waals surface area (Å²) in [5.41, 5.74) is 1.78. The number of hydrogen-bond acceptors (Lipinski definition) is 7. The van der Waals surface area contributed by atoms with Gasteiger partial charge in [-0.2, -0.15) is 0 Å². The number of fused-ring (bicyclic) bond motifs is 1. The molecule has 0 radical (unpaired) electrons. The minimum atomic E-state index is -0.453. The van der Waals surface area contributed by atoms with Crippen LogP contribution < -0.4 is 15.6 Å². The second kappa shape index (κ2) is 10.9. The van der Waals surface area contributed by atoms with Crippen molar-refractivity contribution >= 4 is 40.2 Å². The maximum absolute atomic E-state index is 13.5. The Hall–Kier alpha value is -4.11. The summed E-state index contributed by atoms with van der Waals surface area (Å²) in [5.74, 6) is -0.175. The number of rotatable bonds is 8. The third-order valence-corrected chi connectivity index (χ3v) is 6.01. The van der Waals surface area contributed by atoms with E-state index in [1.54, 1.807) is 54.6 Å². The van der Waals surface area contributed by atoms with Gasteiger partial charge in [-0.05, 0) is 55.5 Å². The highest BCUT2D eigenvalue weighted by molar-refractivity contribution is 7.99. The molecule has 0 saturated heterocycles. The summed E-state index contributed by atoms with van der Waals surface area (Å²) < 4.78 is 11.9. The molecule has 1 aromatic heterocycles. The fraction of sp³-hybridized carbons (Fsp3) is 0.154. The van der Waals surface area contributed by atoms with Crippen molar-refractivity contribution in [3.63, 3.8) is 0 Å². The van der Waals surface area contributed by atoms with Gasteiger partial charge in [0.2, 0.25) is 5.91 Å². The molecule has 4 rings (SSSR count). The molecule has 1 N–H and O–H groups in total. The summed E-state index contributed by atoms with van der Waals surface area (Å²) in [6.07, 6.45) is 0. The fourth-order valence-electron chi connectivity index (χ4n) is 3.48. The average molecular weight is 490 g/mol. The van der Waals surface area contributed by atoms with Crippen LogP contribution in [0.1, 0.15) is 17.3 Å². The zero-order valence-corrected chi connectivity index (χ0v) is 20.0. The van der Waals surface area contributed by atoms with Crippen LogP contribution in [0, 0.1) is 0 Å². The number of aromatic nitrogens is 2. The summed E-state index contributed by atoms with van der Waals surface area (Å²) in [6.45, 7) is 2.31. The van der Waals surface area contributed by atoms with Crippen molar-refractivity contribution in [3.05, 3.63) is 88.7 Å². The first-order valence-corrected chi connectivity index (χ1v) is 11.9. The van der Waals surface area contributed by atoms with Crippen molar-refractivity contribution in [1.29, 1.82) is 0 Å². The fourth-order valence-corrected chi connectivity index (χ4v) is 4.28. The van der Waals surface area contributed by atoms with Gasteiger partial charge in [-0.25, -0.2) is 9.78 Å². The molecule has 0 saturated carbocycles. The summed E-state index contributed by atoms with van der Waals surface area (Å²) >= 11 is 1.15. The van der Waals surface area contributed by atoms with Gasteiger partial charge in [0.1, 0.15) is 5.75 Å². The topological polar surface area (TPSA) is 99.5 Å². The van der Waals surface area contributed by atoms with Crippen molar-refractivity contribution in [1.82, 2.24) is 9.55 Å². The highest BCUT2D eigenvalue weighted by Gasteiger charge is 2.17. The number of ether oxygens (including phenoxy) is 2. The number of carbonyl (C=O) groups excluding carboxylic acids is 2. The van der Waals surface area contributed by atoms with E-state index in [0.717, 1.165) is 11.8 Å². The quantitative estimate of drug-likeness (QED) is 0.224. The van der Waals surface area contributed by atoms with Gasteiger partial charge in [0.25, 0.3) is 5.56 Å². The van der Waals surface area contributed by atoms with Crippen LogP contribution in [0.2, 0.25) is 0 Å². The monoisotopic (exact) mass is 489 g/mol. The normalized spacial score (nSPS) is 10.7. The number of anilines is 1. The Kier molecular flexibility index (Phi) is 7.47. The van der Waals surface area contributed by atoms with Crippen LogP contribution in [-0.2, 0) is 9.53 Å². The van der Waals surface area contributed by atoms with E-state index in [0.29, 0.717) is 45.4 Å². The number of carbonyl (C=O) groups is 2. The number of hydrogen-bond donors (Lipinski definition) is 1. The maximum atomic E-state index is 13.5. The predicted molar refractivity (Wildman–Crippen MR) is 136 cm³/mol. The van der Waals surface area contributed by atoms with Gasteiger partial charge in [-0.3, -0.25) is 14.2 Å². The third kappa shape index (κ3) is 5.36. The Bertz CT molecular complexity index is 1430. The SMILES string of the molecule is CCOc1ccccc1-n1c(SCC(=O)Nc2ccc(C(=O)OC)cc2)nc2ccccc2c1=O. The van der Waals surface area contributed by atoms with Crippen molar-refractivity contribution in [2.45, 2.75) is 12.1 Å². The molecular formula is C26H23N3O5S. The van der Waals surface area contributed by atoms with Crippen LogP contribution >= 0.6 is 11.8 Å². The third-order valence-electron chi connectivity index (χ3n) is 5.07. The molecule has 8 nitrogen and oxygen atoms in total. The molecule has 0 aliphatic heterocycles. The lowest BCUT2D eigenvalue weighted by Crippen LogP contribution is -2.23. The summed E-state index contributed by atoms with van der Waals surface area (Å²) in [4.78, 5) is 42.4. The van der Waals surface area contributed by atoms with Crippen LogP contribution in [0.15, 0.2) is 82.7 Å². The molecule has 4 aromatic rings. The van der Waals surface area contributed by atoms with E-state index in [9.17, 15) is 14.4 Å². The molecule has 0 fully saturated rings. The van der Waals surface area contributed by atoms with Crippen molar-refractivity contribution < 1.29 is 19.1 Å². The van der Waals surface area contributed by atoms with Gasteiger partial charge >= 0.3 is 5.97 Å². The number of para-hydroxylation sites is 3. The average Bonchev–Trinajstić information content (AvgIpc) is 2.88. The Morgan fingerprint density at radius 1 is 1.00 bits per heavy atom. The number of thioether (sulfide) groups is 1. The van der Waals surface area contributed by atoms with E-state index >= 15 is 0 Å². The molecule has 0 unspecified atom stereocenters. The zero-order chi connectivity index (χ0) is 24.8. The summed E-state index contributed by atoms with van der Waals surface area (Å²) in [6, 6.07) is 20.7. The number of nitrogens with one attached hydrogen (secondary N) is 1. The Morgan fingerprint density at radius 3 is 2.46 bits per heavy atom. The first-order valence-electron chi connectivity index (χ1n) is 10.9. The molecule has 3 aromatic carbocycles. The molecular weight excluding hydrogens is 466 g/mol. The van der Waals surface area contributed by atoms with E-state index in [-0.39, 0.29) is 17.2 Å². The molecule has 0 bridgehead atoms. The molecule has 1 heterocycles. The molecule has 1 amide bonds. The van der Waals surface area contributed by atoms with E-state index in [4.69, 9.17) is 4.74 Å². The second-order valence-corrected chi connectivity index (χ2v) is 8.30. The highest BCUT2D eigenvalue weighted by atomic mass is 32.2. The number of amides is 1. The summed E-state index contributed by atoms with van der Waals surface area (Å²) in [5, 5.41) is 3.63. The lowest BCUT2D eigenvalue weighted by molar-refractivity contribution is -0.113. The first kappa shape index (κ1) is 24.0. The number of esters is 1. The van der Waals surface area contributed by atoms with Crippen molar-refractivity contribution in [3.8, 4) is 11.4 Å². The zero-order valence-electron chi connectivity index (χ0n) is 19.2. The Morgan fingerprint density at radius 2 is 1.71 bits per heavy atom. The largest absolute Gasteiger partial charge is 0.492 e. The molecule has 0 atom stereocenters. The van der Waals surface area contributed by atoms with Gasteiger partial charge in [0.05, 0.1) is 41.6 Å². The molecule has 9 heteroatoms. The molecule has 0 aliphatic carbocycles. The summed E-state index contributed by atoms with van der Waals surface area (Å²) in [7, 11) is 1.31. The van der Waals surface area contributed by atoms with E-state index < -0.39 is 5.97 Å². The van der Waals surface area contributed by atoms with Crippen LogP contribution in [-0.4, -0.2) is 40.9 Å². The van der Waals surface area contributed by atoms with Crippen LogP contribution in [0.4, 0.5) is 5.69 Å². The van der Waals surface area contributed by atoms with E-state index in [1.807, 2.05) is 25.1 Å². The Balaban J connectivity index is 1.63. The van der Waals surface area contributed by atoms with Crippen molar-refractivity contribution in [2.75, 3.05) is 24.8 Å². The minimum absolute atomic E-state index is 0.0142. The second-order valence-electron chi connectivity index (χ2n) is 7.36. The van der Waals surface area contributed by atoms with Gasteiger partial charge in [0.15, 0.2) is 5.16 Å². The molecule has 0 aliphatic rings. The van der Waals surface area contributed by atoms with Crippen molar-refractivity contribution in [2.24, 2.45) is 0 Å². The predicted octanol–water partition coefficient (Wildman–Crippen LogP) is 4.30. The van der Waals surface area contributed by atoms with Crippen LogP contribution in [0.3, 0.4) is 0 Å². The Labute approximate surface area is 205 Å². The maximum Gasteiger partial charge on any atom is 0.337 e. The smallest absolute Gasteiger partial charge is 0.337 e. The van der Waals surface area contributed by atoms with E-state index in [2.05, 4.69) is 15.0 Å². The van der Waals surface area contributed by atoms with Crippen LogP contribution in [0.25, 0.3) is 16.6 Å². The first-order chi connectivity index (χ1) is 17.0. The molecule has 178 valence electrons. The number of nitrogens with zero attached hydrogens (tertiary/aromatic N) is 2. The molecule has 0 spiro atoms. The van der Waals surface area contributed by atoms with Gasteiger partial charge in [-0.1, -0.05) is 36.0 Å². The number of benzene rings is 3. The molecule has 35 heavy (non-hydrogen) atoms. The minimum Gasteiger partial charge on any atom is -0.492 e. The van der Waals surface area contributed by atoms with Gasteiger partial charge < -0.3 is 14.8 Å². The van der Waals surface area contributed by atoms with Gasteiger partial charge in [0, 0.05) is 5.69 Å². The standard InChI is InChI=1S/C26H23N3O5S/c1-3-34-22-11-7-6-10-21(22)29-24(31)19-8-4-5-9-20(19)28-26(29)35-16-23(30)27-18-14-12-17(13-15-18)25(32)33-2/h4-15H,3,16H2,1-2H3,(H,27,30). The highest BCUT2D eigenvalue weighted by Crippen LogP contribution is 2.27. The van der Waals surface area contributed by atoms with E-state index in [1.165, 1.54) is 11.7 Å². The van der Waals surface area contributed by atoms with Crippen LogP contribution in [0.5, 0.6) is 5.75 Å². The lowest BCUT2D eigenvalue weighted by Gasteiger charge is -2.16.